The molecule has 0 aromatic carbocycles. The maximum absolute atomic E-state index is 13.0. The van der Waals surface area contributed by atoms with Crippen LogP contribution in [0.2, 0.25) is 0 Å². The predicted molar refractivity (Wildman–Crippen MR) is 75.0 cm³/mol. The first-order chi connectivity index (χ1) is 9.24. The van der Waals surface area contributed by atoms with Crippen LogP contribution < -0.4 is 5.73 Å². The first-order valence-electron chi connectivity index (χ1n) is 7.23. The number of Topliss-reactive ketones (excluding diaryl/α,β-unsaturated/α-hetero) is 1. The van der Waals surface area contributed by atoms with Crippen molar-refractivity contribution in [2.24, 2.45) is 0 Å². The normalized spacial score (nSPS) is 22.7. The molecule has 1 aromatic heterocycles. The van der Waals surface area contributed by atoms with E-state index in [0.717, 1.165) is 38.8 Å². The number of pyridine rings is 1. The Bertz CT molecular complexity index is 474. The Morgan fingerprint density at radius 3 is 2.53 bits per heavy atom. The molecule has 102 valence electrons. The SMILES string of the molecule is Nc1ccncc1C(=O)C1(N2CCCC2)CCCC1. The maximum atomic E-state index is 13.0. The second-order valence-corrected chi connectivity index (χ2v) is 5.72. The van der Waals surface area contributed by atoms with Gasteiger partial charge in [0.25, 0.3) is 0 Å². The molecule has 2 fully saturated rings. The molecule has 1 saturated carbocycles. The van der Waals surface area contributed by atoms with Gasteiger partial charge in [-0.25, -0.2) is 0 Å². The van der Waals surface area contributed by atoms with Crippen LogP contribution in [-0.4, -0.2) is 34.3 Å². The lowest BCUT2D eigenvalue weighted by atomic mass is 9.86. The fraction of sp³-hybridized carbons (Fsp3) is 0.600. The van der Waals surface area contributed by atoms with Crippen molar-refractivity contribution < 1.29 is 4.79 Å². The van der Waals surface area contributed by atoms with Gasteiger partial charge in [-0.2, -0.15) is 0 Å². The molecule has 19 heavy (non-hydrogen) atoms. The van der Waals surface area contributed by atoms with E-state index in [-0.39, 0.29) is 11.3 Å². The van der Waals surface area contributed by atoms with Crippen LogP contribution in [0.15, 0.2) is 18.5 Å². The third kappa shape index (κ3) is 2.04. The highest BCUT2D eigenvalue weighted by Crippen LogP contribution is 2.40. The number of hydrogen-bond acceptors (Lipinski definition) is 4. The van der Waals surface area contributed by atoms with Gasteiger partial charge in [-0.15, -0.1) is 0 Å². The van der Waals surface area contributed by atoms with Gasteiger partial charge >= 0.3 is 0 Å². The average Bonchev–Trinajstić information content (AvgIpc) is 3.10. The van der Waals surface area contributed by atoms with Gasteiger partial charge in [-0.1, -0.05) is 12.8 Å². The molecule has 4 heteroatoms. The van der Waals surface area contributed by atoms with Gasteiger partial charge in [-0.05, 0) is 44.8 Å². The summed E-state index contributed by atoms with van der Waals surface area (Å²) in [4.78, 5) is 19.5. The number of nitrogen functional groups attached to an aromatic ring is 1. The van der Waals surface area contributed by atoms with Crippen LogP contribution in [0.4, 0.5) is 5.69 Å². The van der Waals surface area contributed by atoms with Crippen LogP contribution in [0, 0.1) is 0 Å². The molecule has 4 nitrogen and oxygen atoms in total. The highest BCUT2D eigenvalue weighted by atomic mass is 16.1. The summed E-state index contributed by atoms with van der Waals surface area (Å²) in [6.45, 7) is 2.10. The van der Waals surface area contributed by atoms with Gasteiger partial charge in [0.1, 0.15) is 0 Å². The molecule has 1 aliphatic heterocycles. The number of hydrogen-bond donors (Lipinski definition) is 1. The Morgan fingerprint density at radius 2 is 1.89 bits per heavy atom. The van der Waals surface area contributed by atoms with Crippen LogP contribution in [0.25, 0.3) is 0 Å². The van der Waals surface area contributed by atoms with Crippen LogP contribution >= 0.6 is 0 Å². The van der Waals surface area contributed by atoms with E-state index in [2.05, 4.69) is 9.88 Å². The number of anilines is 1. The summed E-state index contributed by atoms with van der Waals surface area (Å²) in [6.07, 6.45) is 9.91. The largest absolute Gasteiger partial charge is 0.398 e. The summed E-state index contributed by atoms with van der Waals surface area (Å²) in [6, 6.07) is 1.72. The highest BCUT2D eigenvalue weighted by Gasteiger charge is 2.47. The molecule has 1 aliphatic carbocycles. The average molecular weight is 259 g/mol. The van der Waals surface area contributed by atoms with Crippen LogP contribution in [0.3, 0.4) is 0 Å². The minimum absolute atomic E-state index is 0.192. The molecule has 2 aliphatic rings. The lowest BCUT2D eigenvalue weighted by Crippen LogP contribution is -2.51. The lowest BCUT2D eigenvalue weighted by Gasteiger charge is -2.37. The number of rotatable bonds is 3. The van der Waals surface area contributed by atoms with Gasteiger partial charge in [0.2, 0.25) is 0 Å². The first kappa shape index (κ1) is 12.6. The summed E-state index contributed by atoms with van der Waals surface area (Å²) < 4.78 is 0. The second-order valence-electron chi connectivity index (χ2n) is 5.72. The Kier molecular flexibility index (Phi) is 3.27. The van der Waals surface area contributed by atoms with Crippen molar-refractivity contribution in [2.75, 3.05) is 18.8 Å². The fourth-order valence-electron chi connectivity index (χ4n) is 3.64. The van der Waals surface area contributed by atoms with Gasteiger partial charge in [0.15, 0.2) is 5.78 Å². The fourth-order valence-corrected chi connectivity index (χ4v) is 3.64. The third-order valence-electron chi connectivity index (χ3n) is 4.66. The summed E-state index contributed by atoms with van der Waals surface area (Å²) in [5, 5.41) is 0. The van der Waals surface area contributed by atoms with E-state index >= 15 is 0 Å². The first-order valence-corrected chi connectivity index (χ1v) is 7.23. The molecular weight excluding hydrogens is 238 g/mol. The number of nitrogens with two attached hydrogens (primary N) is 1. The molecule has 1 aromatic rings. The van der Waals surface area contributed by atoms with E-state index in [4.69, 9.17) is 5.73 Å². The molecule has 0 amide bonds. The molecule has 0 radical (unpaired) electrons. The Balaban J connectivity index is 1.96. The smallest absolute Gasteiger partial charge is 0.186 e. The minimum atomic E-state index is -0.298. The van der Waals surface area contributed by atoms with Crippen molar-refractivity contribution in [3.63, 3.8) is 0 Å². The van der Waals surface area contributed by atoms with Crippen molar-refractivity contribution in [3.05, 3.63) is 24.0 Å². The molecule has 0 atom stereocenters. The van der Waals surface area contributed by atoms with Gasteiger partial charge in [0, 0.05) is 18.1 Å². The molecule has 0 spiro atoms. The van der Waals surface area contributed by atoms with E-state index in [1.54, 1.807) is 18.5 Å². The number of likely N-dealkylation sites (tertiary alicyclic amines) is 1. The number of ketones is 1. The van der Waals surface area contributed by atoms with Gasteiger partial charge < -0.3 is 5.73 Å². The van der Waals surface area contributed by atoms with E-state index < -0.39 is 0 Å². The molecule has 0 unspecified atom stereocenters. The summed E-state index contributed by atoms with van der Waals surface area (Å²) in [5.74, 6) is 0.192. The van der Waals surface area contributed by atoms with Gasteiger partial charge in [-0.3, -0.25) is 14.7 Å². The summed E-state index contributed by atoms with van der Waals surface area (Å²) in [7, 11) is 0. The lowest BCUT2D eigenvalue weighted by molar-refractivity contribution is 0.0627. The molecule has 2 N–H and O–H groups in total. The molecule has 1 saturated heterocycles. The zero-order valence-electron chi connectivity index (χ0n) is 11.3. The highest BCUT2D eigenvalue weighted by molar-refractivity contribution is 6.06. The molecule has 0 bridgehead atoms. The number of aromatic nitrogens is 1. The van der Waals surface area contributed by atoms with Crippen molar-refractivity contribution in [1.82, 2.24) is 9.88 Å². The van der Waals surface area contributed by atoms with Crippen molar-refractivity contribution >= 4 is 11.5 Å². The van der Waals surface area contributed by atoms with Crippen molar-refractivity contribution in [1.29, 1.82) is 0 Å². The maximum Gasteiger partial charge on any atom is 0.186 e. The zero-order chi connectivity index (χ0) is 13.3. The number of carbonyl (C=O) groups is 1. The zero-order valence-corrected chi connectivity index (χ0v) is 11.3. The van der Waals surface area contributed by atoms with E-state index in [0.29, 0.717) is 11.3 Å². The van der Waals surface area contributed by atoms with Crippen LogP contribution in [0.1, 0.15) is 48.9 Å². The Labute approximate surface area is 114 Å². The Hall–Kier alpha value is -1.42. The third-order valence-corrected chi connectivity index (χ3v) is 4.66. The van der Waals surface area contributed by atoms with Crippen molar-refractivity contribution in [2.45, 2.75) is 44.1 Å². The van der Waals surface area contributed by atoms with Crippen molar-refractivity contribution in [3.8, 4) is 0 Å². The predicted octanol–water partition coefficient (Wildman–Crippen LogP) is 2.26. The second kappa shape index (κ2) is 4.93. The van der Waals surface area contributed by atoms with Gasteiger partial charge in [0.05, 0.1) is 11.1 Å². The van der Waals surface area contributed by atoms with E-state index in [9.17, 15) is 4.79 Å². The molecule has 3 rings (SSSR count). The minimum Gasteiger partial charge on any atom is -0.398 e. The monoisotopic (exact) mass is 259 g/mol. The summed E-state index contributed by atoms with van der Waals surface area (Å²) in [5.41, 5.74) is 6.84. The molecule has 2 heterocycles. The Morgan fingerprint density at radius 1 is 1.21 bits per heavy atom. The number of nitrogens with zero attached hydrogens (tertiary/aromatic N) is 2. The van der Waals surface area contributed by atoms with E-state index in [1.807, 2.05) is 0 Å². The topological polar surface area (TPSA) is 59.2 Å². The summed E-state index contributed by atoms with van der Waals surface area (Å²) >= 11 is 0. The van der Waals surface area contributed by atoms with Crippen LogP contribution in [0.5, 0.6) is 0 Å². The van der Waals surface area contributed by atoms with Crippen LogP contribution in [-0.2, 0) is 0 Å². The number of carbonyl (C=O) groups excluding carboxylic acids is 1. The van der Waals surface area contributed by atoms with E-state index in [1.165, 1.54) is 12.8 Å². The quantitative estimate of drug-likeness (QED) is 0.846. The molecular formula is C15H21N3O. The standard InChI is InChI=1S/C15H21N3O/c16-13-5-8-17-11-12(13)14(19)15(6-1-2-7-15)18-9-3-4-10-18/h5,8,11H,1-4,6-7,9-10H2,(H2,16,17).